The van der Waals surface area contributed by atoms with Crippen LogP contribution in [-0.2, 0) is 38.5 Å². The number of hydroxylamine groups is 1. The number of fused-ring (bicyclic) bond motifs is 2. The first-order valence-electron chi connectivity index (χ1n) is 22.6. The lowest BCUT2D eigenvalue weighted by Crippen LogP contribution is -2.61. The van der Waals surface area contributed by atoms with Gasteiger partial charge in [0.2, 0.25) is 17.7 Å². The molecule has 67 heavy (non-hydrogen) atoms. The topological polar surface area (TPSA) is 260 Å². The highest BCUT2D eigenvalue weighted by Gasteiger charge is 2.37. The molecular formula is C48H64N10O9. The van der Waals surface area contributed by atoms with Gasteiger partial charge >= 0.3 is 0 Å². The number of ether oxygens (including phenoxy) is 1. The number of aromatic nitrogens is 5. The van der Waals surface area contributed by atoms with E-state index in [9.17, 15) is 29.4 Å². The van der Waals surface area contributed by atoms with Crippen molar-refractivity contribution in [2.75, 3.05) is 32.8 Å². The third kappa shape index (κ3) is 14.3. The molecule has 5 aromatic rings. The van der Waals surface area contributed by atoms with Crippen LogP contribution in [0.25, 0.3) is 11.2 Å². The Morgan fingerprint density at radius 1 is 0.985 bits per heavy atom. The summed E-state index contributed by atoms with van der Waals surface area (Å²) in [7, 11) is 0. The van der Waals surface area contributed by atoms with Crippen LogP contribution in [0.15, 0.2) is 96.6 Å². The number of benzene rings is 2. The highest BCUT2D eigenvalue weighted by atomic mass is 16.5. The predicted molar refractivity (Wildman–Crippen MR) is 248 cm³/mol. The molecule has 0 saturated carbocycles. The molecule has 1 aliphatic carbocycles. The molecule has 0 unspecified atom stereocenters. The number of piperazine rings is 1. The molecule has 2 saturated heterocycles. The van der Waals surface area contributed by atoms with E-state index in [1.807, 2.05) is 93.7 Å². The predicted octanol–water partition coefficient (Wildman–Crippen LogP) is 2.17. The number of β-amino-alcohol motifs (C(OH)–C–C–N with tert-alkyl or cyclic N) is 1. The average molecular weight is 925 g/mol. The molecular weight excluding hydrogens is 861 g/mol. The summed E-state index contributed by atoms with van der Waals surface area (Å²) < 4.78 is 7.36. The Kier molecular flexibility index (Phi) is 17.8. The third-order valence-corrected chi connectivity index (χ3v) is 11.8. The number of pyridine rings is 1. The molecule has 2 fully saturated rings. The van der Waals surface area contributed by atoms with Crippen LogP contribution < -0.4 is 21.7 Å². The lowest BCUT2D eigenvalue weighted by molar-refractivity contribution is -0.132. The zero-order valence-corrected chi connectivity index (χ0v) is 38.5. The van der Waals surface area contributed by atoms with E-state index in [0.717, 1.165) is 41.6 Å². The number of aliphatic hydroxyl groups is 3. The van der Waals surface area contributed by atoms with Crippen molar-refractivity contribution in [1.29, 1.82) is 0 Å². The van der Waals surface area contributed by atoms with Crippen LogP contribution in [0.1, 0.15) is 81.5 Å². The van der Waals surface area contributed by atoms with E-state index in [1.165, 1.54) is 18.7 Å². The Labute approximate surface area is 389 Å². The summed E-state index contributed by atoms with van der Waals surface area (Å²) in [6, 6.07) is 20.6. The fourth-order valence-corrected chi connectivity index (χ4v) is 8.66. The number of nitrogens with one attached hydrogen (secondary N) is 4. The lowest BCUT2D eigenvalue weighted by atomic mass is 9.91. The van der Waals surface area contributed by atoms with Gasteiger partial charge in [-0.1, -0.05) is 60.7 Å². The van der Waals surface area contributed by atoms with Crippen LogP contribution in [0, 0.1) is 5.92 Å². The summed E-state index contributed by atoms with van der Waals surface area (Å²) >= 11 is 0. The molecule has 2 aromatic carbocycles. The molecule has 0 spiro atoms. The van der Waals surface area contributed by atoms with Gasteiger partial charge in [0.1, 0.15) is 12.3 Å². The number of hydrogen-bond donors (Lipinski definition) is 8. The Bertz CT molecular complexity index is 2430. The average Bonchev–Trinajstić information content (AvgIpc) is 4.05. The Morgan fingerprint density at radius 2 is 1.72 bits per heavy atom. The van der Waals surface area contributed by atoms with Crippen molar-refractivity contribution in [2.24, 2.45) is 5.92 Å². The van der Waals surface area contributed by atoms with Gasteiger partial charge in [-0.15, -0.1) is 0 Å². The molecule has 7 atom stereocenters. The minimum Gasteiger partial charge on any atom is -0.394 e. The smallest absolute Gasteiger partial charge is 0.278 e. The van der Waals surface area contributed by atoms with Crippen molar-refractivity contribution >= 4 is 28.9 Å². The third-order valence-electron chi connectivity index (χ3n) is 11.8. The van der Waals surface area contributed by atoms with Gasteiger partial charge in [-0.05, 0) is 74.8 Å². The maximum Gasteiger partial charge on any atom is 0.278 e. The number of imidazole rings is 1. The van der Waals surface area contributed by atoms with E-state index in [0.29, 0.717) is 43.6 Å². The number of nitrogens with zero attached hydrogens (tertiary/aromatic N) is 6. The van der Waals surface area contributed by atoms with Gasteiger partial charge in [-0.3, -0.25) is 43.7 Å². The van der Waals surface area contributed by atoms with Crippen LogP contribution in [0.4, 0.5) is 0 Å². The van der Waals surface area contributed by atoms with Crippen LogP contribution >= 0.6 is 0 Å². The monoisotopic (exact) mass is 924 g/mol. The maximum absolute atomic E-state index is 13.8. The molecule has 3 aromatic heterocycles. The largest absolute Gasteiger partial charge is 0.394 e. The summed E-state index contributed by atoms with van der Waals surface area (Å²) in [5, 5.41) is 45.1. The van der Waals surface area contributed by atoms with Crippen LogP contribution in [0.2, 0.25) is 0 Å². The van der Waals surface area contributed by atoms with Crippen molar-refractivity contribution in [1.82, 2.24) is 50.4 Å². The first-order valence-corrected chi connectivity index (χ1v) is 22.6. The van der Waals surface area contributed by atoms with Crippen molar-refractivity contribution in [3.05, 3.63) is 124 Å². The van der Waals surface area contributed by atoms with Crippen molar-refractivity contribution in [3.8, 4) is 0 Å². The second-order valence-corrected chi connectivity index (χ2v) is 18.3. The van der Waals surface area contributed by atoms with E-state index in [2.05, 4.69) is 40.4 Å². The SMILES string of the molecule is CC(=O)NO.CC(C)(C)NC(=O)[C@@H]1CN(Cc2cccnc2)CCN1C[C@@H](O)C[C@@H](Cc1ccccc1)C(=O)N[C@H]1c2ccccc2C[C@H]1O.O=c1[nH]cnc2c1ncn2[C@H]1CC[C@@H](CO)O1. The summed E-state index contributed by atoms with van der Waals surface area (Å²) in [6.07, 6.45) is 7.40. The van der Waals surface area contributed by atoms with Gasteiger partial charge in [0.05, 0.1) is 43.6 Å². The molecule has 8 rings (SSSR count). The van der Waals surface area contributed by atoms with Crippen molar-refractivity contribution < 1.29 is 39.6 Å². The highest BCUT2D eigenvalue weighted by Crippen LogP contribution is 2.32. The fraction of sp³-hybridized carbons (Fsp3) is 0.479. The first-order chi connectivity index (χ1) is 32.1. The van der Waals surface area contributed by atoms with Gasteiger partial charge in [-0.2, -0.15) is 0 Å². The summed E-state index contributed by atoms with van der Waals surface area (Å²) in [4.78, 5) is 67.4. The van der Waals surface area contributed by atoms with Crippen LogP contribution in [0.5, 0.6) is 0 Å². The zero-order valence-electron chi connectivity index (χ0n) is 38.5. The fourth-order valence-electron chi connectivity index (χ4n) is 8.66. The van der Waals surface area contributed by atoms with Gasteiger partial charge in [0, 0.05) is 69.9 Å². The van der Waals surface area contributed by atoms with E-state index >= 15 is 0 Å². The standard InChI is InChI=1S/C36H47N5O4.C10H12N4O3.C2H5NO2/c1-36(2,3)39-35(45)31-24-40(22-26-12-9-15-37-21-26)16-17-41(31)23-29(42)19-28(18-25-10-5-4-6-11-25)34(44)38-33-30-14-8-7-13-27(30)20-32(33)43;15-3-6-1-2-7(17-6)14-5-13-8-9(14)11-4-12-10(8)16;1-2(4)3-5/h4-15,21,28-29,31-33,42-43H,16-20,22-24H2,1-3H3,(H,38,44)(H,39,45);4-7,15H,1-3H2,(H,11,12,16);5H,1H3,(H,3,4)/t28-,29+,31+,32-,33+;6-,7+;/m10./s1. The quantitative estimate of drug-likeness (QED) is 0.0622. The minimum absolute atomic E-state index is 0.0111. The molecule has 2 aliphatic heterocycles. The Hall–Kier alpha value is -5.93. The maximum atomic E-state index is 13.8. The number of carbonyl (C=O) groups is 3. The number of aliphatic hydroxyl groups excluding tert-OH is 3. The van der Waals surface area contributed by atoms with Crippen LogP contribution in [-0.4, -0.2) is 135 Å². The molecule has 19 nitrogen and oxygen atoms in total. The van der Waals surface area contributed by atoms with Gasteiger partial charge in [0.25, 0.3) is 5.56 Å². The molecule has 8 N–H and O–H groups in total. The van der Waals surface area contributed by atoms with E-state index < -0.39 is 41.7 Å². The molecule has 19 heteroatoms. The molecule has 5 heterocycles. The van der Waals surface area contributed by atoms with E-state index in [4.69, 9.17) is 15.1 Å². The molecule has 0 radical (unpaired) electrons. The van der Waals surface area contributed by atoms with Crippen molar-refractivity contribution in [2.45, 2.75) is 109 Å². The molecule has 0 bridgehead atoms. The number of carbonyl (C=O) groups excluding carboxylic acids is 3. The normalized spacial score (nSPS) is 21.5. The van der Waals surface area contributed by atoms with Crippen LogP contribution in [0.3, 0.4) is 0 Å². The summed E-state index contributed by atoms with van der Waals surface area (Å²) in [6.45, 7) is 9.98. The van der Waals surface area contributed by atoms with Gasteiger partial charge < -0.3 is 35.7 Å². The number of amides is 3. The second kappa shape index (κ2) is 23.7. The summed E-state index contributed by atoms with van der Waals surface area (Å²) in [5.41, 5.74) is 5.63. The summed E-state index contributed by atoms with van der Waals surface area (Å²) in [5.74, 6) is -1.22. The first kappa shape index (κ1) is 50.5. The highest BCUT2D eigenvalue weighted by molar-refractivity contribution is 5.83. The zero-order chi connectivity index (χ0) is 48.1. The molecule has 3 aliphatic rings. The van der Waals surface area contributed by atoms with E-state index in [-0.39, 0.29) is 49.3 Å². The number of rotatable bonds is 13. The second-order valence-electron chi connectivity index (χ2n) is 18.3. The van der Waals surface area contributed by atoms with E-state index in [1.54, 1.807) is 17.1 Å². The molecule has 360 valence electrons. The lowest BCUT2D eigenvalue weighted by Gasteiger charge is -2.42. The minimum atomic E-state index is -0.833. The Balaban J connectivity index is 0.000000275. The number of aromatic amines is 1. The van der Waals surface area contributed by atoms with Gasteiger partial charge in [0.15, 0.2) is 11.2 Å². The number of hydrogen-bond acceptors (Lipinski definition) is 14. The van der Waals surface area contributed by atoms with Gasteiger partial charge in [-0.25, -0.2) is 15.4 Å². The number of H-pyrrole nitrogens is 1. The van der Waals surface area contributed by atoms with Crippen molar-refractivity contribution in [3.63, 3.8) is 0 Å². The Morgan fingerprint density at radius 3 is 2.40 bits per heavy atom. The molecule has 3 amide bonds.